The van der Waals surface area contributed by atoms with Crippen molar-refractivity contribution >= 4 is 5.91 Å². The lowest BCUT2D eigenvalue weighted by molar-refractivity contribution is -0.130. The molecule has 1 rings (SSSR count). The number of carbonyl (C=O) groups excluding carboxylic acids is 1. The van der Waals surface area contributed by atoms with E-state index in [0.717, 1.165) is 5.92 Å². The van der Waals surface area contributed by atoms with E-state index in [2.05, 4.69) is 12.2 Å². The highest BCUT2D eigenvalue weighted by molar-refractivity contribution is 5.80. The third-order valence-electron chi connectivity index (χ3n) is 3.71. The normalized spacial score (nSPS) is 27.5. The van der Waals surface area contributed by atoms with Gasteiger partial charge < -0.3 is 10.2 Å². The van der Waals surface area contributed by atoms with Crippen LogP contribution in [0.4, 0.5) is 0 Å². The predicted octanol–water partition coefficient (Wildman–Crippen LogP) is 2.02. The lowest BCUT2D eigenvalue weighted by atomic mass is 9.82. The van der Waals surface area contributed by atoms with Crippen LogP contribution in [0.3, 0.4) is 0 Å². The van der Waals surface area contributed by atoms with E-state index >= 15 is 0 Å². The van der Waals surface area contributed by atoms with E-state index in [-0.39, 0.29) is 11.9 Å². The summed E-state index contributed by atoms with van der Waals surface area (Å²) in [5.41, 5.74) is 0. The van der Waals surface area contributed by atoms with E-state index in [1.54, 1.807) is 4.90 Å². The SMILES string of the molecule is CCC1CCCCC1NC(C)C(=O)N(C)C. The molecule has 1 saturated carbocycles. The average molecular weight is 226 g/mol. The lowest BCUT2D eigenvalue weighted by Gasteiger charge is -2.34. The molecule has 0 aromatic rings. The first-order valence-corrected chi connectivity index (χ1v) is 6.53. The molecule has 3 nitrogen and oxygen atoms in total. The van der Waals surface area contributed by atoms with E-state index in [4.69, 9.17) is 0 Å². The van der Waals surface area contributed by atoms with Crippen LogP contribution in [0.25, 0.3) is 0 Å². The standard InChI is InChI=1S/C13H26N2O/c1-5-11-8-6-7-9-12(11)14-10(2)13(16)15(3)4/h10-12,14H,5-9H2,1-4H3. The molecule has 0 radical (unpaired) electrons. The molecule has 3 heteroatoms. The van der Waals surface area contributed by atoms with E-state index in [1.165, 1.54) is 32.1 Å². The van der Waals surface area contributed by atoms with E-state index in [1.807, 2.05) is 21.0 Å². The molecule has 1 amide bonds. The van der Waals surface area contributed by atoms with Crippen LogP contribution in [-0.2, 0) is 4.79 Å². The number of hydrogen-bond donors (Lipinski definition) is 1. The minimum absolute atomic E-state index is 0.0489. The van der Waals surface area contributed by atoms with Gasteiger partial charge in [0.2, 0.25) is 5.91 Å². The van der Waals surface area contributed by atoms with Crippen molar-refractivity contribution in [2.45, 2.75) is 58.0 Å². The zero-order valence-corrected chi connectivity index (χ0v) is 11.1. The number of likely N-dealkylation sites (N-methyl/N-ethyl adjacent to an activating group) is 1. The fourth-order valence-corrected chi connectivity index (χ4v) is 2.70. The molecule has 94 valence electrons. The van der Waals surface area contributed by atoms with E-state index in [9.17, 15) is 4.79 Å². The largest absolute Gasteiger partial charge is 0.347 e. The Bertz CT molecular complexity index is 228. The van der Waals surface area contributed by atoms with Crippen molar-refractivity contribution in [1.82, 2.24) is 10.2 Å². The van der Waals surface area contributed by atoms with Crippen LogP contribution in [-0.4, -0.2) is 37.0 Å². The maximum Gasteiger partial charge on any atom is 0.238 e. The molecule has 0 heterocycles. The van der Waals surface area contributed by atoms with Gasteiger partial charge in [-0.15, -0.1) is 0 Å². The second kappa shape index (κ2) is 6.24. The number of rotatable bonds is 4. The number of nitrogens with one attached hydrogen (secondary N) is 1. The highest BCUT2D eigenvalue weighted by atomic mass is 16.2. The zero-order valence-electron chi connectivity index (χ0n) is 11.1. The highest BCUT2D eigenvalue weighted by Gasteiger charge is 2.26. The van der Waals surface area contributed by atoms with Crippen LogP contribution < -0.4 is 5.32 Å². The third kappa shape index (κ3) is 3.48. The fraction of sp³-hybridized carbons (Fsp3) is 0.923. The van der Waals surface area contributed by atoms with E-state index < -0.39 is 0 Å². The Labute approximate surface area is 99.6 Å². The van der Waals surface area contributed by atoms with Crippen molar-refractivity contribution < 1.29 is 4.79 Å². The topological polar surface area (TPSA) is 32.3 Å². The predicted molar refractivity (Wildman–Crippen MR) is 67.3 cm³/mol. The van der Waals surface area contributed by atoms with Crippen molar-refractivity contribution in [1.29, 1.82) is 0 Å². The van der Waals surface area contributed by atoms with Gasteiger partial charge in [0.25, 0.3) is 0 Å². The van der Waals surface area contributed by atoms with Gasteiger partial charge in [0, 0.05) is 20.1 Å². The molecule has 3 atom stereocenters. The Morgan fingerprint density at radius 1 is 1.38 bits per heavy atom. The summed E-state index contributed by atoms with van der Waals surface area (Å²) < 4.78 is 0. The first-order chi connectivity index (χ1) is 7.56. The van der Waals surface area contributed by atoms with Crippen LogP contribution in [0.1, 0.15) is 46.0 Å². The van der Waals surface area contributed by atoms with Gasteiger partial charge in [-0.25, -0.2) is 0 Å². The minimum atomic E-state index is -0.0489. The monoisotopic (exact) mass is 226 g/mol. The molecule has 16 heavy (non-hydrogen) atoms. The summed E-state index contributed by atoms with van der Waals surface area (Å²) in [6.07, 6.45) is 6.42. The number of nitrogens with zero attached hydrogens (tertiary/aromatic N) is 1. The minimum Gasteiger partial charge on any atom is -0.347 e. The maximum absolute atomic E-state index is 11.8. The third-order valence-corrected chi connectivity index (χ3v) is 3.71. The summed E-state index contributed by atoms with van der Waals surface area (Å²) in [6.45, 7) is 4.23. The molecule has 0 aromatic heterocycles. The van der Waals surface area contributed by atoms with Crippen LogP contribution in [0, 0.1) is 5.92 Å². The summed E-state index contributed by atoms with van der Waals surface area (Å²) in [5, 5.41) is 3.51. The van der Waals surface area contributed by atoms with Crippen molar-refractivity contribution in [3.05, 3.63) is 0 Å². The van der Waals surface area contributed by atoms with Crippen LogP contribution in [0.2, 0.25) is 0 Å². The van der Waals surface area contributed by atoms with E-state index in [0.29, 0.717) is 6.04 Å². The molecule has 1 aliphatic carbocycles. The second-order valence-electron chi connectivity index (χ2n) is 5.18. The van der Waals surface area contributed by atoms with Crippen molar-refractivity contribution in [3.63, 3.8) is 0 Å². The van der Waals surface area contributed by atoms with Crippen LogP contribution >= 0.6 is 0 Å². The molecular weight excluding hydrogens is 200 g/mol. The molecular formula is C13H26N2O. The quantitative estimate of drug-likeness (QED) is 0.795. The second-order valence-corrected chi connectivity index (χ2v) is 5.18. The Morgan fingerprint density at radius 2 is 2.00 bits per heavy atom. The molecule has 1 aliphatic rings. The Kier molecular flexibility index (Phi) is 5.26. The summed E-state index contributed by atoms with van der Waals surface area (Å²) in [5.74, 6) is 0.937. The molecule has 1 fully saturated rings. The molecule has 0 aromatic carbocycles. The maximum atomic E-state index is 11.8. The Balaban J connectivity index is 2.47. The smallest absolute Gasteiger partial charge is 0.238 e. The Morgan fingerprint density at radius 3 is 2.56 bits per heavy atom. The van der Waals surface area contributed by atoms with Gasteiger partial charge in [0.1, 0.15) is 0 Å². The van der Waals surface area contributed by atoms with Crippen LogP contribution in [0.15, 0.2) is 0 Å². The highest BCUT2D eigenvalue weighted by Crippen LogP contribution is 2.27. The molecule has 0 saturated heterocycles. The summed E-state index contributed by atoms with van der Waals surface area (Å²) >= 11 is 0. The van der Waals surface area contributed by atoms with Crippen molar-refractivity contribution in [3.8, 4) is 0 Å². The number of amides is 1. The first kappa shape index (κ1) is 13.5. The van der Waals surface area contributed by atoms with Gasteiger partial charge >= 0.3 is 0 Å². The fourth-order valence-electron chi connectivity index (χ4n) is 2.70. The first-order valence-electron chi connectivity index (χ1n) is 6.53. The lowest BCUT2D eigenvalue weighted by Crippen LogP contribution is -2.49. The molecule has 3 unspecified atom stereocenters. The van der Waals surface area contributed by atoms with Gasteiger partial charge in [0.15, 0.2) is 0 Å². The van der Waals surface area contributed by atoms with Crippen molar-refractivity contribution in [2.75, 3.05) is 14.1 Å². The van der Waals surface area contributed by atoms with Gasteiger partial charge in [-0.2, -0.15) is 0 Å². The van der Waals surface area contributed by atoms with Gasteiger partial charge in [-0.1, -0.05) is 26.2 Å². The molecule has 0 spiro atoms. The van der Waals surface area contributed by atoms with Gasteiger partial charge in [0.05, 0.1) is 6.04 Å². The number of hydrogen-bond acceptors (Lipinski definition) is 2. The van der Waals surface area contributed by atoms with Gasteiger partial charge in [-0.3, -0.25) is 4.79 Å². The van der Waals surface area contributed by atoms with Crippen LogP contribution in [0.5, 0.6) is 0 Å². The summed E-state index contributed by atoms with van der Waals surface area (Å²) in [7, 11) is 3.64. The Hall–Kier alpha value is -0.570. The molecule has 0 aliphatic heterocycles. The van der Waals surface area contributed by atoms with Gasteiger partial charge in [-0.05, 0) is 25.7 Å². The number of carbonyl (C=O) groups is 1. The summed E-state index contributed by atoms with van der Waals surface area (Å²) in [4.78, 5) is 13.4. The summed E-state index contributed by atoms with van der Waals surface area (Å²) in [6, 6.07) is 0.491. The molecule has 1 N–H and O–H groups in total. The van der Waals surface area contributed by atoms with Crippen molar-refractivity contribution in [2.24, 2.45) is 5.92 Å². The molecule has 0 bridgehead atoms. The average Bonchev–Trinajstić information content (AvgIpc) is 2.28. The zero-order chi connectivity index (χ0) is 12.1.